The lowest BCUT2D eigenvalue weighted by molar-refractivity contribution is -0.136. The van der Waals surface area contributed by atoms with Crippen LogP contribution in [0, 0.1) is 0 Å². The smallest absolute Gasteiger partial charge is 0.313 e. The molecule has 0 aliphatic carbocycles. The Labute approximate surface area is 194 Å². The van der Waals surface area contributed by atoms with Gasteiger partial charge in [0, 0.05) is 44.5 Å². The zero-order valence-electron chi connectivity index (χ0n) is 19.4. The number of piperazine rings is 1. The number of anilines is 2. The highest BCUT2D eigenvalue weighted by Crippen LogP contribution is 2.28. The average molecular weight is 457 g/mol. The fourth-order valence-corrected chi connectivity index (χ4v) is 3.69. The van der Waals surface area contributed by atoms with Crippen LogP contribution in [0.2, 0.25) is 0 Å². The fraction of sp³-hybridized carbons (Fsp3) is 0.417. The normalized spacial score (nSPS) is 13.8. The van der Waals surface area contributed by atoms with E-state index in [1.165, 1.54) is 12.8 Å². The molecule has 0 aromatic heterocycles. The van der Waals surface area contributed by atoms with Gasteiger partial charge in [-0.05, 0) is 49.4 Å². The maximum Gasteiger partial charge on any atom is 0.313 e. The first-order valence-electron chi connectivity index (χ1n) is 11.0. The van der Waals surface area contributed by atoms with Crippen molar-refractivity contribution >= 4 is 23.2 Å². The van der Waals surface area contributed by atoms with Crippen molar-refractivity contribution in [2.75, 3.05) is 70.8 Å². The van der Waals surface area contributed by atoms with E-state index in [4.69, 9.17) is 14.2 Å². The van der Waals surface area contributed by atoms with Gasteiger partial charge in [0.1, 0.15) is 17.2 Å². The van der Waals surface area contributed by atoms with Gasteiger partial charge in [-0.25, -0.2) is 0 Å². The second kappa shape index (κ2) is 12.0. The first-order chi connectivity index (χ1) is 16.0. The molecule has 33 heavy (non-hydrogen) atoms. The summed E-state index contributed by atoms with van der Waals surface area (Å²) < 4.78 is 15.6. The van der Waals surface area contributed by atoms with Crippen LogP contribution in [0.3, 0.4) is 0 Å². The van der Waals surface area contributed by atoms with Crippen molar-refractivity contribution in [2.24, 2.45) is 0 Å². The van der Waals surface area contributed by atoms with E-state index in [1.807, 2.05) is 12.1 Å². The van der Waals surface area contributed by atoms with Crippen molar-refractivity contribution in [2.45, 2.75) is 6.42 Å². The molecule has 1 saturated heterocycles. The molecule has 0 spiro atoms. The van der Waals surface area contributed by atoms with E-state index in [2.05, 4.69) is 32.6 Å². The van der Waals surface area contributed by atoms with Crippen LogP contribution in [-0.2, 0) is 9.59 Å². The Morgan fingerprint density at radius 1 is 0.848 bits per heavy atom. The number of nitrogens with zero attached hydrogens (tertiary/aromatic N) is 2. The van der Waals surface area contributed by atoms with Crippen LogP contribution in [0.25, 0.3) is 0 Å². The van der Waals surface area contributed by atoms with Gasteiger partial charge in [-0.15, -0.1) is 0 Å². The minimum absolute atomic E-state index is 0.410. The van der Waals surface area contributed by atoms with Gasteiger partial charge in [-0.1, -0.05) is 0 Å². The van der Waals surface area contributed by atoms with E-state index >= 15 is 0 Å². The molecule has 0 atom stereocenters. The van der Waals surface area contributed by atoms with Crippen LogP contribution >= 0.6 is 0 Å². The molecule has 2 N–H and O–H groups in total. The summed E-state index contributed by atoms with van der Waals surface area (Å²) in [5.74, 6) is 0.475. The van der Waals surface area contributed by atoms with Crippen molar-refractivity contribution in [1.82, 2.24) is 10.2 Å². The Balaban J connectivity index is 1.35. The monoisotopic (exact) mass is 456 g/mol. The molecule has 3 rings (SSSR count). The number of hydrogen-bond donors (Lipinski definition) is 2. The van der Waals surface area contributed by atoms with Gasteiger partial charge in [0.15, 0.2) is 0 Å². The Kier molecular flexibility index (Phi) is 8.77. The number of hydrogen-bond acceptors (Lipinski definition) is 7. The van der Waals surface area contributed by atoms with E-state index in [1.54, 1.807) is 32.4 Å². The second-order valence-corrected chi connectivity index (χ2v) is 7.66. The number of benzene rings is 2. The Bertz CT molecular complexity index is 927. The zero-order valence-corrected chi connectivity index (χ0v) is 19.4. The molecule has 1 fully saturated rings. The van der Waals surface area contributed by atoms with Gasteiger partial charge in [0.2, 0.25) is 0 Å². The summed E-state index contributed by atoms with van der Waals surface area (Å²) in [6.45, 7) is 5.11. The Morgan fingerprint density at radius 3 is 2.15 bits per heavy atom. The highest BCUT2D eigenvalue weighted by molar-refractivity contribution is 6.39. The number of methoxy groups -OCH3 is 3. The SMILES string of the molecule is COc1ccc(N2CCN(CCCNC(=O)C(=O)Nc3ccc(OC)cc3OC)CC2)cc1. The lowest BCUT2D eigenvalue weighted by atomic mass is 10.2. The molecule has 0 bridgehead atoms. The van der Waals surface area contributed by atoms with Crippen molar-refractivity contribution in [1.29, 1.82) is 0 Å². The predicted molar refractivity (Wildman–Crippen MR) is 127 cm³/mol. The van der Waals surface area contributed by atoms with E-state index < -0.39 is 11.8 Å². The molecular weight excluding hydrogens is 424 g/mol. The van der Waals surface area contributed by atoms with Crippen molar-refractivity contribution in [3.05, 3.63) is 42.5 Å². The number of carbonyl (C=O) groups excluding carboxylic acids is 2. The third-order valence-electron chi connectivity index (χ3n) is 5.61. The maximum absolute atomic E-state index is 12.2. The number of nitrogens with one attached hydrogen (secondary N) is 2. The molecule has 178 valence electrons. The van der Waals surface area contributed by atoms with Crippen LogP contribution in [0.15, 0.2) is 42.5 Å². The molecule has 1 aliphatic heterocycles. The van der Waals surface area contributed by atoms with Crippen molar-refractivity contribution < 1.29 is 23.8 Å². The quantitative estimate of drug-likeness (QED) is 0.440. The van der Waals surface area contributed by atoms with E-state index in [0.29, 0.717) is 23.7 Å². The molecule has 9 heteroatoms. The van der Waals surface area contributed by atoms with Crippen LogP contribution in [0.5, 0.6) is 17.2 Å². The summed E-state index contributed by atoms with van der Waals surface area (Å²) in [6, 6.07) is 13.1. The zero-order chi connectivity index (χ0) is 23.6. The molecule has 2 aromatic rings. The van der Waals surface area contributed by atoms with Crippen LogP contribution in [0.1, 0.15) is 6.42 Å². The molecule has 2 aromatic carbocycles. The number of rotatable bonds is 9. The molecule has 1 heterocycles. The summed E-state index contributed by atoms with van der Waals surface area (Å²) in [5, 5.41) is 5.26. The maximum atomic E-state index is 12.2. The molecule has 0 radical (unpaired) electrons. The number of carbonyl (C=O) groups is 2. The van der Waals surface area contributed by atoms with Gasteiger partial charge >= 0.3 is 11.8 Å². The summed E-state index contributed by atoms with van der Waals surface area (Å²) in [7, 11) is 4.70. The lowest BCUT2D eigenvalue weighted by Crippen LogP contribution is -2.47. The van der Waals surface area contributed by atoms with Gasteiger partial charge in [-0.2, -0.15) is 0 Å². The minimum atomic E-state index is -0.730. The van der Waals surface area contributed by atoms with Gasteiger partial charge in [0.25, 0.3) is 0 Å². The third-order valence-corrected chi connectivity index (χ3v) is 5.61. The molecule has 0 unspecified atom stereocenters. The van der Waals surface area contributed by atoms with Gasteiger partial charge in [0.05, 0.1) is 27.0 Å². The highest BCUT2D eigenvalue weighted by Gasteiger charge is 2.18. The molecular formula is C24H32N4O5. The number of amides is 2. The van der Waals surface area contributed by atoms with Crippen molar-refractivity contribution in [3.63, 3.8) is 0 Å². The van der Waals surface area contributed by atoms with Crippen LogP contribution in [0.4, 0.5) is 11.4 Å². The first-order valence-corrected chi connectivity index (χ1v) is 11.0. The predicted octanol–water partition coefficient (Wildman–Crippen LogP) is 1.98. The third kappa shape index (κ3) is 6.76. The van der Waals surface area contributed by atoms with E-state index in [0.717, 1.165) is 44.9 Å². The van der Waals surface area contributed by atoms with Gasteiger partial charge in [-0.3, -0.25) is 14.5 Å². The summed E-state index contributed by atoms with van der Waals surface area (Å²) >= 11 is 0. The summed E-state index contributed by atoms with van der Waals surface area (Å²) in [4.78, 5) is 29.1. The molecule has 0 saturated carbocycles. The Morgan fingerprint density at radius 2 is 1.52 bits per heavy atom. The summed E-state index contributed by atoms with van der Waals surface area (Å²) in [6.07, 6.45) is 0.771. The molecule has 9 nitrogen and oxygen atoms in total. The minimum Gasteiger partial charge on any atom is -0.497 e. The van der Waals surface area contributed by atoms with E-state index in [9.17, 15) is 9.59 Å². The Hall–Kier alpha value is -3.46. The largest absolute Gasteiger partial charge is 0.497 e. The van der Waals surface area contributed by atoms with Crippen molar-refractivity contribution in [3.8, 4) is 17.2 Å². The standard InChI is InChI=1S/C24H32N4O5/c1-31-19-7-5-18(6-8-19)28-15-13-27(14-16-28)12-4-11-25-23(29)24(30)26-21-10-9-20(32-2)17-22(21)33-3/h5-10,17H,4,11-16H2,1-3H3,(H,25,29)(H,26,30). The molecule has 1 aliphatic rings. The number of ether oxygens (including phenoxy) is 3. The van der Waals surface area contributed by atoms with E-state index in [-0.39, 0.29) is 0 Å². The second-order valence-electron chi connectivity index (χ2n) is 7.66. The highest BCUT2D eigenvalue weighted by atomic mass is 16.5. The topological polar surface area (TPSA) is 92.4 Å². The average Bonchev–Trinajstić information content (AvgIpc) is 2.87. The lowest BCUT2D eigenvalue weighted by Gasteiger charge is -2.36. The van der Waals surface area contributed by atoms with Crippen LogP contribution < -0.4 is 29.7 Å². The molecule has 2 amide bonds. The summed E-state index contributed by atoms with van der Waals surface area (Å²) in [5.41, 5.74) is 1.61. The van der Waals surface area contributed by atoms with Crippen LogP contribution in [-0.4, -0.2) is 77.3 Å². The van der Waals surface area contributed by atoms with Gasteiger partial charge < -0.3 is 29.7 Å². The fourth-order valence-electron chi connectivity index (χ4n) is 3.69. The first kappa shape index (κ1) is 24.2.